The summed E-state index contributed by atoms with van der Waals surface area (Å²) in [4.78, 5) is 23.2. The van der Waals surface area contributed by atoms with Crippen LogP contribution in [0.4, 0.5) is 5.69 Å². The number of anilines is 1. The highest BCUT2D eigenvalue weighted by Gasteiger charge is 2.20. The summed E-state index contributed by atoms with van der Waals surface area (Å²) in [5.74, 6) is -0.311. The molecule has 0 heterocycles. The van der Waals surface area contributed by atoms with Crippen molar-refractivity contribution < 1.29 is 19.4 Å². The first-order valence-corrected chi connectivity index (χ1v) is 7.89. The van der Waals surface area contributed by atoms with Crippen molar-refractivity contribution in [3.8, 4) is 5.75 Å². The maximum Gasteiger partial charge on any atom is 0.320 e. The Bertz CT molecular complexity index is 502. The zero-order valence-electron chi connectivity index (χ0n) is 14.0. The Morgan fingerprint density at radius 3 is 2.43 bits per heavy atom. The van der Waals surface area contributed by atoms with Crippen LogP contribution in [0.25, 0.3) is 0 Å². The molecule has 0 saturated heterocycles. The fraction of sp³-hybridized carbons (Fsp3) is 0.529. The molecule has 0 aliphatic rings. The zero-order chi connectivity index (χ0) is 17.2. The van der Waals surface area contributed by atoms with Crippen LogP contribution in [0.15, 0.2) is 24.3 Å². The normalized spacial score (nSPS) is 13.2. The van der Waals surface area contributed by atoms with E-state index < -0.39 is 12.0 Å². The lowest BCUT2D eigenvalue weighted by atomic mass is 10.1. The first-order valence-electron chi connectivity index (χ1n) is 7.89. The molecule has 6 nitrogen and oxygen atoms in total. The fourth-order valence-electron chi connectivity index (χ4n) is 2.25. The summed E-state index contributed by atoms with van der Waals surface area (Å²) in [7, 11) is 1.58. The molecule has 23 heavy (non-hydrogen) atoms. The van der Waals surface area contributed by atoms with E-state index in [-0.39, 0.29) is 18.4 Å². The van der Waals surface area contributed by atoms with E-state index in [0.29, 0.717) is 12.1 Å². The zero-order valence-corrected chi connectivity index (χ0v) is 14.0. The van der Waals surface area contributed by atoms with Crippen molar-refractivity contribution in [3.63, 3.8) is 0 Å². The standard InChI is InChI=1S/C17H26N2O4/c1-4-5-6-15(17(21)22)18-12(2)11-16(20)19-13-7-9-14(23-3)10-8-13/h7-10,12,15,18H,4-6,11H2,1-3H3,(H,19,20)(H,21,22). The number of hydrogen-bond donors (Lipinski definition) is 3. The molecule has 0 saturated carbocycles. The van der Waals surface area contributed by atoms with Gasteiger partial charge in [0.25, 0.3) is 0 Å². The Kier molecular flexibility index (Phi) is 8.11. The Labute approximate surface area is 137 Å². The molecule has 128 valence electrons. The molecule has 0 radical (unpaired) electrons. The van der Waals surface area contributed by atoms with Crippen molar-refractivity contribution in [2.45, 2.75) is 51.6 Å². The molecule has 0 aromatic heterocycles. The van der Waals surface area contributed by atoms with Crippen molar-refractivity contribution in [2.24, 2.45) is 0 Å². The van der Waals surface area contributed by atoms with Crippen LogP contribution in [0.2, 0.25) is 0 Å². The van der Waals surface area contributed by atoms with Gasteiger partial charge in [0.2, 0.25) is 5.91 Å². The third-order valence-electron chi connectivity index (χ3n) is 3.50. The molecular weight excluding hydrogens is 296 g/mol. The first-order chi connectivity index (χ1) is 11.0. The number of amides is 1. The maximum atomic E-state index is 12.0. The number of hydrogen-bond acceptors (Lipinski definition) is 4. The Balaban J connectivity index is 2.46. The summed E-state index contributed by atoms with van der Waals surface area (Å²) in [5.41, 5.74) is 0.684. The highest BCUT2D eigenvalue weighted by molar-refractivity contribution is 5.91. The predicted octanol–water partition coefficient (Wildman–Crippen LogP) is 2.65. The number of rotatable bonds is 10. The van der Waals surface area contributed by atoms with Gasteiger partial charge in [-0.05, 0) is 37.6 Å². The minimum Gasteiger partial charge on any atom is -0.497 e. The van der Waals surface area contributed by atoms with Crippen LogP contribution in [0.5, 0.6) is 5.75 Å². The van der Waals surface area contributed by atoms with E-state index >= 15 is 0 Å². The van der Waals surface area contributed by atoms with Gasteiger partial charge < -0.3 is 20.5 Å². The van der Waals surface area contributed by atoms with Gasteiger partial charge in [-0.25, -0.2) is 0 Å². The molecule has 2 unspecified atom stereocenters. The number of carboxylic acids is 1. The third kappa shape index (κ3) is 7.15. The van der Waals surface area contributed by atoms with Crippen LogP contribution in [-0.4, -0.2) is 36.2 Å². The van der Waals surface area contributed by atoms with Gasteiger partial charge in [0, 0.05) is 18.2 Å². The number of carboxylic acid groups (broad SMARTS) is 1. The molecule has 0 aliphatic heterocycles. The average Bonchev–Trinajstić information content (AvgIpc) is 2.51. The lowest BCUT2D eigenvalue weighted by Crippen LogP contribution is -2.43. The number of aliphatic carboxylic acids is 1. The van der Waals surface area contributed by atoms with Gasteiger partial charge in [0.15, 0.2) is 0 Å². The van der Waals surface area contributed by atoms with Gasteiger partial charge in [0.05, 0.1) is 7.11 Å². The molecule has 1 rings (SSSR count). The molecule has 0 fully saturated rings. The van der Waals surface area contributed by atoms with Crippen LogP contribution in [-0.2, 0) is 9.59 Å². The number of nitrogens with one attached hydrogen (secondary N) is 2. The minimum absolute atomic E-state index is 0.158. The van der Waals surface area contributed by atoms with Crippen LogP contribution >= 0.6 is 0 Å². The van der Waals surface area contributed by atoms with Gasteiger partial charge in [-0.1, -0.05) is 19.8 Å². The van der Waals surface area contributed by atoms with Crippen molar-refractivity contribution >= 4 is 17.6 Å². The lowest BCUT2D eigenvalue weighted by molar-refractivity contribution is -0.140. The first kappa shape index (κ1) is 19.0. The van der Waals surface area contributed by atoms with Crippen molar-refractivity contribution in [3.05, 3.63) is 24.3 Å². The Morgan fingerprint density at radius 2 is 1.91 bits per heavy atom. The highest BCUT2D eigenvalue weighted by Crippen LogP contribution is 2.15. The van der Waals surface area contributed by atoms with E-state index in [9.17, 15) is 14.7 Å². The quantitative estimate of drug-likeness (QED) is 0.616. The minimum atomic E-state index is -0.874. The third-order valence-corrected chi connectivity index (χ3v) is 3.50. The van der Waals surface area contributed by atoms with Crippen molar-refractivity contribution in [1.29, 1.82) is 0 Å². The van der Waals surface area contributed by atoms with E-state index in [1.807, 2.05) is 13.8 Å². The lowest BCUT2D eigenvalue weighted by Gasteiger charge is -2.19. The van der Waals surface area contributed by atoms with Crippen LogP contribution < -0.4 is 15.4 Å². The molecule has 6 heteroatoms. The number of carbonyl (C=O) groups excluding carboxylic acids is 1. The SMILES string of the molecule is CCCCC(NC(C)CC(=O)Nc1ccc(OC)cc1)C(=O)O. The summed E-state index contributed by atoms with van der Waals surface area (Å²) in [6, 6.07) is 6.22. The topological polar surface area (TPSA) is 87.7 Å². The Hall–Kier alpha value is -2.08. The average molecular weight is 322 g/mol. The maximum absolute atomic E-state index is 12.0. The molecule has 3 N–H and O–H groups in total. The second kappa shape index (κ2) is 9.84. The summed E-state index contributed by atoms with van der Waals surface area (Å²) in [6.45, 7) is 3.83. The molecule has 0 bridgehead atoms. The van der Waals surface area contributed by atoms with Crippen molar-refractivity contribution in [2.75, 3.05) is 12.4 Å². The number of benzene rings is 1. The number of unbranched alkanes of at least 4 members (excludes halogenated alkanes) is 1. The molecule has 1 aromatic rings. The summed E-state index contributed by atoms with van der Waals surface area (Å²) >= 11 is 0. The Morgan fingerprint density at radius 1 is 1.26 bits per heavy atom. The molecule has 1 amide bonds. The molecule has 0 spiro atoms. The molecule has 1 aromatic carbocycles. The second-order valence-corrected chi connectivity index (χ2v) is 5.58. The fourth-order valence-corrected chi connectivity index (χ4v) is 2.25. The van der Waals surface area contributed by atoms with Crippen LogP contribution in [0.1, 0.15) is 39.5 Å². The highest BCUT2D eigenvalue weighted by atomic mass is 16.5. The number of carbonyl (C=O) groups is 2. The smallest absolute Gasteiger partial charge is 0.320 e. The number of ether oxygens (including phenoxy) is 1. The van der Waals surface area contributed by atoms with Gasteiger partial charge in [-0.15, -0.1) is 0 Å². The summed E-state index contributed by atoms with van der Waals surface area (Å²) in [6.07, 6.45) is 2.56. The number of methoxy groups -OCH3 is 1. The largest absolute Gasteiger partial charge is 0.497 e. The van der Waals surface area contributed by atoms with E-state index in [2.05, 4.69) is 10.6 Å². The van der Waals surface area contributed by atoms with E-state index in [1.165, 1.54) is 0 Å². The van der Waals surface area contributed by atoms with Crippen molar-refractivity contribution in [1.82, 2.24) is 5.32 Å². The van der Waals surface area contributed by atoms with E-state index in [0.717, 1.165) is 18.6 Å². The van der Waals surface area contributed by atoms with Crippen LogP contribution in [0, 0.1) is 0 Å². The van der Waals surface area contributed by atoms with E-state index in [1.54, 1.807) is 31.4 Å². The summed E-state index contributed by atoms with van der Waals surface area (Å²) < 4.78 is 5.06. The van der Waals surface area contributed by atoms with E-state index in [4.69, 9.17) is 4.74 Å². The second-order valence-electron chi connectivity index (χ2n) is 5.58. The molecule has 2 atom stereocenters. The van der Waals surface area contributed by atoms with Crippen LogP contribution in [0.3, 0.4) is 0 Å². The predicted molar refractivity (Wildman–Crippen MR) is 89.8 cm³/mol. The van der Waals surface area contributed by atoms with Gasteiger partial charge in [-0.2, -0.15) is 0 Å². The van der Waals surface area contributed by atoms with Gasteiger partial charge in [-0.3, -0.25) is 9.59 Å². The molecule has 0 aliphatic carbocycles. The monoisotopic (exact) mass is 322 g/mol. The van der Waals surface area contributed by atoms with Gasteiger partial charge >= 0.3 is 5.97 Å². The molecular formula is C17H26N2O4. The summed E-state index contributed by atoms with van der Waals surface area (Å²) in [5, 5.41) is 15.0. The van der Waals surface area contributed by atoms with Gasteiger partial charge in [0.1, 0.15) is 11.8 Å².